The van der Waals surface area contributed by atoms with Gasteiger partial charge in [-0.1, -0.05) is 76.2 Å². The van der Waals surface area contributed by atoms with E-state index in [9.17, 15) is 0 Å². The Morgan fingerprint density at radius 1 is 0.682 bits per heavy atom. The molecule has 44 heavy (non-hydrogen) atoms. The highest BCUT2D eigenvalue weighted by Gasteiger charge is 2.20. The second kappa shape index (κ2) is 11.3. The fraction of sp³-hybridized carbons (Fsp3) is 0.189. The lowest BCUT2D eigenvalue weighted by atomic mass is 9.92. The highest BCUT2D eigenvalue weighted by molar-refractivity contribution is 7.26. The van der Waals surface area contributed by atoms with Gasteiger partial charge in [-0.3, -0.25) is 4.57 Å². The van der Waals surface area contributed by atoms with Gasteiger partial charge in [0.1, 0.15) is 10.5 Å². The van der Waals surface area contributed by atoms with Crippen LogP contribution in [0.15, 0.2) is 97.3 Å². The summed E-state index contributed by atoms with van der Waals surface area (Å²) in [4.78, 5) is 20.3. The lowest BCUT2D eigenvalue weighted by Crippen LogP contribution is -2.08. The molecule has 0 saturated heterocycles. The predicted octanol–water partition coefficient (Wildman–Crippen LogP) is 10.1. The monoisotopic (exact) mass is 595 g/mol. The van der Waals surface area contributed by atoms with E-state index in [4.69, 9.17) is 24.7 Å². The zero-order valence-corrected chi connectivity index (χ0v) is 26.3. The van der Waals surface area contributed by atoms with Crippen LogP contribution in [0.1, 0.15) is 56.4 Å². The maximum Gasteiger partial charge on any atom is 0.221 e. The average Bonchev–Trinajstić information content (AvgIpc) is 3.65. The number of pyridine rings is 3. The van der Waals surface area contributed by atoms with Crippen molar-refractivity contribution in [1.82, 2.24) is 24.5 Å². The second-order valence-corrected chi connectivity index (χ2v) is 12.6. The minimum atomic E-state index is 0.360. The van der Waals surface area contributed by atoms with Crippen LogP contribution in [0.3, 0.4) is 0 Å². The van der Waals surface area contributed by atoms with Crippen molar-refractivity contribution in [2.45, 2.75) is 46.5 Å². The first-order valence-corrected chi connectivity index (χ1v) is 15.8. The molecule has 5 aromatic heterocycles. The first-order chi connectivity index (χ1) is 21.4. The number of rotatable bonds is 7. The highest BCUT2D eigenvalue weighted by atomic mass is 32.1. The molecule has 0 radical (unpaired) electrons. The van der Waals surface area contributed by atoms with E-state index in [-0.39, 0.29) is 0 Å². The molecule has 2 aromatic carbocycles. The van der Waals surface area contributed by atoms with E-state index < -0.39 is 0 Å². The zero-order valence-electron chi connectivity index (χ0n) is 25.4. The summed E-state index contributed by atoms with van der Waals surface area (Å²) in [6.45, 7) is 10.9. The molecule has 5 heterocycles. The largest absolute Gasteiger partial charge is 0.421 e. The Bertz CT molecular complexity index is 2120. The highest BCUT2D eigenvalue weighted by Crippen LogP contribution is 2.39. The Morgan fingerprint density at radius 2 is 1.34 bits per heavy atom. The van der Waals surface area contributed by atoms with Crippen LogP contribution in [0.25, 0.3) is 48.8 Å². The minimum Gasteiger partial charge on any atom is -0.421 e. The summed E-state index contributed by atoms with van der Waals surface area (Å²) in [5.41, 5.74) is 7.38. The van der Waals surface area contributed by atoms with Crippen LogP contribution < -0.4 is 4.74 Å². The number of thiophene rings is 1. The average molecular weight is 596 g/mol. The standard InChI is InChI=1S/C37H33N5OS/c1-22(2)25-10-6-11-26(23(3)4)34(25)42-21-20-38-36(42)31-15-9-17-33(41-31)43-32-16-8-14-30(40-32)29-13-7-12-27-28-19-18-24(5)39-37(28)44-35(27)29/h6-23H,1-5H3. The molecule has 6 nitrogen and oxygen atoms in total. The molecule has 0 unspecified atom stereocenters. The maximum absolute atomic E-state index is 6.27. The maximum atomic E-state index is 6.27. The first-order valence-electron chi connectivity index (χ1n) is 15.0. The number of aromatic nitrogens is 5. The van der Waals surface area contributed by atoms with Crippen LogP contribution in [-0.2, 0) is 0 Å². The van der Waals surface area contributed by atoms with Crippen LogP contribution in [-0.4, -0.2) is 24.5 Å². The fourth-order valence-electron chi connectivity index (χ4n) is 5.76. The van der Waals surface area contributed by atoms with Gasteiger partial charge >= 0.3 is 0 Å². The molecule has 0 aliphatic carbocycles. The van der Waals surface area contributed by atoms with Gasteiger partial charge in [0.05, 0.1) is 11.4 Å². The number of aryl methyl sites for hydroxylation is 1. The molecular formula is C37H33N5OS. The number of imidazole rings is 1. The van der Waals surface area contributed by atoms with Gasteiger partial charge in [0.25, 0.3) is 0 Å². The fourth-order valence-corrected chi connectivity index (χ4v) is 7.00. The molecule has 0 saturated carbocycles. The van der Waals surface area contributed by atoms with Crippen LogP contribution >= 0.6 is 11.3 Å². The Morgan fingerprint density at radius 3 is 2.07 bits per heavy atom. The van der Waals surface area contributed by atoms with Gasteiger partial charge in [-0.05, 0) is 54.2 Å². The minimum absolute atomic E-state index is 0.360. The van der Waals surface area contributed by atoms with Crippen molar-refractivity contribution in [2.75, 3.05) is 0 Å². The summed E-state index contributed by atoms with van der Waals surface area (Å²) >= 11 is 1.70. The van der Waals surface area contributed by atoms with Crippen LogP contribution in [0, 0.1) is 6.92 Å². The van der Waals surface area contributed by atoms with Crippen molar-refractivity contribution in [3.8, 4) is 40.2 Å². The summed E-state index contributed by atoms with van der Waals surface area (Å²) in [5, 5.41) is 2.36. The van der Waals surface area contributed by atoms with Gasteiger partial charge in [-0.15, -0.1) is 11.3 Å². The van der Waals surface area contributed by atoms with Crippen LogP contribution in [0.2, 0.25) is 0 Å². The molecule has 7 heteroatoms. The third-order valence-electron chi connectivity index (χ3n) is 7.89. The van der Waals surface area contributed by atoms with E-state index >= 15 is 0 Å². The van der Waals surface area contributed by atoms with Crippen molar-refractivity contribution in [1.29, 1.82) is 0 Å². The SMILES string of the molecule is Cc1ccc2c(n1)sc1c(-c3cccc(Oc4cccc(-c5nccn5-c5c(C(C)C)cccc5C(C)C)n4)n3)cccc12. The molecule has 0 N–H and O–H groups in total. The number of hydrogen-bond acceptors (Lipinski definition) is 6. The predicted molar refractivity (Wildman–Crippen MR) is 180 cm³/mol. The third-order valence-corrected chi connectivity index (χ3v) is 9.04. The Labute approximate surface area is 261 Å². The molecule has 0 spiro atoms. The molecule has 218 valence electrons. The molecule has 0 fully saturated rings. The Hall–Kier alpha value is -4.88. The van der Waals surface area contributed by atoms with Crippen molar-refractivity contribution < 1.29 is 4.74 Å². The third kappa shape index (κ3) is 5.03. The Balaban J connectivity index is 1.24. The molecule has 7 rings (SSSR count). The summed E-state index contributed by atoms with van der Waals surface area (Å²) in [6, 6.07) is 28.7. The van der Waals surface area contributed by atoms with E-state index in [1.807, 2.05) is 55.7 Å². The van der Waals surface area contributed by atoms with E-state index in [0.717, 1.165) is 33.3 Å². The van der Waals surface area contributed by atoms with Gasteiger partial charge in [0.2, 0.25) is 11.8 Å². The molecular weight excluding hydrogens is 563 g/mol. The lowest BCUT2D eigenvalue weighted by Gasteiger charge is -2.21. The molecule has 0 aliphatic rings. The van der Waals surface area contributed by atoms with Gasteiger partial charge in [0, 0.05) is 51.3 Å². The van der Waals surface area contributed by atoms with Gasteiger partial charge in [-0.25, -0.2) is 19.9 Å². The normalized spacial score (nSPS) is 11.7. The Kier molecular flexibility index (Phi) is 7.18. The molecule has 7 aromatic rings. The molecule has 0 aliphatic heterocycles. The smallest absolute Gasteiger partial charge is 0.221 e. The van der Waals surface area contributed by atoms with E-state index in [0.29, 0.717) is 23.6 Å². The first kappa shape index (κ1) is 27.9. The molecule has 0 amide bonds. The van der Waals surface area contributed by atoms with Gasteiger partial charge in [-0.2, -0.15) is 0 Å². The number of para-hydroxylation sites is 1. The van der Waals surface area contributed by atoms with Crippen molar-refractivity contribution >= 4 is 31.6 Å². The van der Waals surface area contributed by atoms with Gasteiger partial charge in [0.15, 0.2) is 5.82 Å². The van der Waals surface area contributed by atoms with E-state index in [2.05, 4.69) is 80.8 Å². The molecule has 0 atom stereocenters. The van der Waals surface area contributed by atoms with Crippen LogP contribution in [0.5, 0.6) is 11.8 Å². The quantitative estimate of drug-likeness (QED) is 0.183. The summed E-state index contributed by atoms with van der Waals surface area (Å²) in [7, 11) is 0. The number of fused-ring (bicyclic) bond motifs is 3. The van der Waals surface area contributed by atoms with E-state index in [1.165, 1.54) is 32.3 Å². The van der Waals surface area contributed by atoms with Crippen LogP contribution in [0.4, 0.5) is 0 Å². The van der Waals surface area contributed by atoms with Crippen molar-refractivity contribution in [3.05, 3.63) is 114 Å². The number of ether oxygens (including phenoxy) is 1. The van der Waals surface area contributed by atoms with Crippen molar-refractivity contribution in [2.24, 2.45) is 0 Å². The van der Waals surface area contributed by atoms with Gasteiger partial charge < -0.3 is 4.74 Å². The van der Waals surface area contributed by atoms with Crippen molar-refractivity contribution in [3.63, 3.8) is 0 Å². The molecule has 0 bridgehead atoms. The van der Waals surface area contributed by atoms with E-state index in [1.54, 1.807) is 11.3 Å². The number of benzene rings is 2. The lowest BCUT2D eigenvalue weighted by molar-refractivity contribution is 0.446. The number of nitrogens with zero attached hydrogens (tertiary/aromatic N) is 5. The zero-order chi connectivity index (χ0) is 30.4. The topological polar surface area (TPSA) is 65.7 Å². The summed E-state index contributed by atoms with van der Waals surface area (Å²) in [5.74, 6) is 2.43. The number of hydrogen-bond donors (Lipinski definition) is 0. The second-order valence-electron chi connectivity index (χ2n) is 11.6. The summed E-state index contributed by atoms with van der Waals surface area (Å²) < 4.78 is 9.60. The summed E-state index contributed by atoms with van der Waals surface area (Å²) in [6.07, 6.45) is 3.86.